The molecule has 0 spiro atoms. The van der Waals surface area contributed by atoms with Gasteiger partial charge in [0, 0.05) is 35.6 Å². The van der Waals surface area contributed by atoms with Crippen LogP contribution in [0.1, 0.15) is 50.2 Å². The van der Waals surface area contributed by atoms with Crippen molar-refractivity contribution in [2.75, 3.05) is 23.7 Å². The quantitative estimate of drug-likeness (QED) is 0.631. The molecule has 0 radical (unpaired) electrons. The van der Waals surface area contributed by atoms with Gasteiger partial charge in [-0.2, -0.15) is 10.2 Å². The second-order valence-electron chi connectivity index (χ2n) is 4.50. The van der Waals surface area contributed by atoms with E-state index in [-0.39, 0.29) is 0 Å². The Morgan fingerprint density at radius 1 is 0.682 bits per heavy atom. The van der Waals surface area contributed by atoms with E-state index in [1.807, 2.05) is 41.5 Å². The van der Waals surface area contributed by atoms with Gasteiger partial charge in [0.15, 0.2) is 11.6 Å². The third kappa shape index (κ3) is 5.42. The van der Waals surface area contributed by atoms with Crippen LogP contribution in [-0.2, 0) is 0 Å². The van der Waals surface area contributed by atoms with Crippen LogP contribution in [-0.4, -0.2) is 33.5 Å². The van der Waals surface area contributed by atoms with Gasteiger partial charge >= 0.3 is 0 Å². The number of aromatic amines is 2. The van der Waals surface area contributed by atoms with Crippen molar-refractivity contribution < 1.29 is 0 Å². The average Bonchev–Trinajstić information content (AvgIpc) is 3.05. The number of nitrogens with one attached hydrogen (secondary N) is 4. The molecule has 0 fully saturated rings. The largest absolute Gasteiger partial charge is 0.367 e. The van der Waals surface area contributed by atoms with E-state index in [0.717, 1.165) is 36.1 Å². The van der Waals surface area contributed by atoms with Crippen molar-refractivity contribution in [3.63, 3.8) is 0 Å². The van der Waals surface area contributed by atoms with Crippen LogP contribution in [0.4, 0.5) is 11.6 Å². The lowest BCUT2D eigenvalue weighted by molar-refractivity contribution is 0.996. The van der Waals surface area contributed by atoms with Crippen LogP contribution in [0.5, 0.6) is 0 Å². The molecule has 2 heterocycles. The van der Waals surface area contributed by atoms with Crippen LogP contribution >= 0.6 is 0 Å². The van der Waals surface area contributed by atoms with Crippen molar-refractivity contribution >= 4 is 11.6 Å². The Morgan fingerprint density at radius 2 is 1.00 bits per heavy atom. The van der Waals surface area contributed by atoms with E-state index in [9.17, 15) is 0 Å². The predicted molar refractivity (Wildman–Crippen MR) is 95.8 cm³/mol. The van der Waals surface area contributed by atoms with E-state index in [2.05, 4.69) is 44.9 Å². The number of rotatable bonds is 5. The fourth-order valence-electron chi connectivity index (χ4n) is 1.68. The zero-order chi connectivity index (χ0) is 17.1. The summed E-state index contributed by atoms with van der Waals surface area (Å²) < 4.78 is 0. The number of aryl methyl sites for hydroxylation is 2. The summed E-state index contributed by atoms with van der Waals surface area (Å²) in [7, 11) is 0. The molecular weight excluding hydrogens is 276 g/mol. The summed E-state index contributed by atoms with van der Waals surface area (Å²) in [5.41, 5.74) is 4.54. The molecule has 2 rings (SSSR count). The van der Waals surface area contributed by atoms with E-state index in [1.165, 1.54) is 11.1 Å². The normalized spacial score (nSPS) is 9.27. The van der Waals surface area contributed by atoms with Gasteiger partial charge in [-0.1, -0.05) is 27.7 Å². The average molecular weight is 308 g/mol. The number of H-pyrrole nitrogens is 2. The molecule has 0 aliphatic heterocycles. The Hall–Kier alpha value is -1.98. The first-order valence-corrected chi connectivity index (χ1v) is 8.10. The van der Waals surface area contributed by atoms with Gasteiger partial charge in [-0.05, 0) is 27.7 Å². The lowest BCUT2D eigenvalue weighted by atomic mass is 10.3. The second kappa shape index (κ2) is 10.7. The first-order valence-electron chi connectivity index (χ1n) is 8.10. The summed E-state index contributed by atoms with van der Waals surface area (Å²) >= 11 is 0. The predicted octanol–water partition coefficient (Wildman–Crippen LogP) is 3.94. The van der Waals surface area contributed by atoms with Crippen LogP contribution in [0.2, 0.25) is 0 Å². The molecule has 0 saturated heterocycles. The summed E-state index contributed by atoms with van der Waals surface area (Å²) in [5, 5.41) is 20.9. The molecule has 6 heteroatoms. The first-order chi connectivity index (χ1) is 10.6. The number of anilines is 2. The highest BCUT2D eigenvalue weighted by molar-refractivity contribution is 5.47. The van der Waals surface area contributed by atoms with Gasteiger partial charge in [0.2, 0.25) is 0 Å². The molecular formula is C16H32N6. The Balaban J connectivity index is 0.00000102. The fraction of sp³-hybridized carbons (Fsp3) is 0.625. The van der Waals surface area contributed by atoms with Gasteiger partial charge in [0.25, 0.3) is 0 Å². The molecule has 2 aromatic rings. The van der Waals surface area contributed by atoms with Crippen molar-refractivity contribution in [3.05, 3.63) is 22.5 Å². The number of hydrogen-bond acceptors (Lipinski definition) is 4. The molecule has 0 amide bonds. The van der Waals surface area contributed by atoms with E-state index in [1.54, 1.807) is 0 Å². The SMILES string of the molecule is CC.CC.Cc1[nH]nc(NCCNc2n[nH]c(C)c2C)c1C. The maximum Gasteiger partial charge on any atom is 0.151 e. The first kappa shape index (κ1) is 20.0. The zero-order valence-corrected chi connectivity index (χ0v) is 15.3. The molecule has 126 valence electrons. The summed E-state index contributed by atoms with van der Waals surface area (Å²) in [6, 6.07) is 0. The maximum atomic E-state index is 4.20. The molecule has 22 heavy (non-hydrogen) atoms. The molecule has 0 unspecified atom stereocenters. The fourth-order valence-corrected chi connectivity index (χ4v) is 1.68. The molecule has 0 bridgehead atoms. The summed E-state index contributed by atoms with van der Waals surface area (Å²) in [5.74, 6) is 1.84. The smallest absolute Gasteiger partial charge is 0.151 e. The molecule has 0 aliphatic rings. The highest BCUT2D eigenvalue weighted by atomic mass is 15.2. The van der Waals surface area contributed by atoms with Gasteiger partial charge in [0.05, 0.1) is 0 Å². The van der Waals surface area contributed by atoms with E-state index < -0.39 is 0 Å². The van der Waals surface area contributed by atoms with Crippen LogP contribution < -0.4 is 10.6 Å². The van der Waals surface area contributed by atoms with Gasteiger partial charge in [-0.15, -0.1) is 0 Å². The minimum atomic E-state index is 0.802. The molecule has 0 aliphatic carbocycles. The molecule has 4 N–H and O–H groups in total. The van der Waals surface area contributed by atoms with Gasteiger partial charge in [0.1, 0.15) is 0 Å². The number of aromatic nitrogens is 4. The van der Waals surface area contributed by atoms with Crippen molar-refractivity contribution in [1.82, 2.24) is 20.4 Å². The lowest BCUT2D eigenvalue weighted by Gasteiger charge is -2.06. The van der Waals surface area contributed by atoms with E-state index in [4.69, 9.17) is 0 Å². The van der Waals surface area contributed by atoms with E-state index in [0.29, 0.717) is 0 Å². The topological polar surface area (TPSA) is 81.4 Å². The standard InChI is InChI=1S/C12H20N6.2C2H6/c1-7-9(3)15-17-11(7)13-5-6-14-12-8(2)10(4)16-18-12;2*1-2/h5-6H2,1-4H3,(H2,13,15,17)(H2,14,16,18);2*1-2H3. The van der Waals surface area contributed by atoms with Gasteiger partial charge in [-0.25, -0.2) is 0 Å². The van der Waals surface area contributed by atoms with Gasteiger partial charge < -0.3 is 10.6 Å². The van der Waals surface area contributed by atoms with Crippen molar-refractivity contribution in [2.45, 2.75) is 55.4 Å². The molecule has 0 atom stereocenters. The summed E-state index contributed by atoms with van der Waals surface area (Å²) in [4.78, 5) is 0. The van der Waals surface area contributed by atoms with Crippen molar-refractivity contribution in [1.29, 1.82) is 0 Å². The minimum Gasteiger partial charge on any atom is -0.367 e. The highest BCUT2D eigenvalue weighted by Gasteiger charge is 2.05. The Labute approximate surface area is 134 Å². The number of nitrogens with zero attached hydrogens (tertiary/aromatic N) is 2. The minimum absolute atomic E-state index is 0.802. The zero-order valence-electron chi connectivity index (χ0n) is 15.3. The van der Waals surface area contributed by atoms with E-state index >= 15 is 0 Å². The summed E-state index contributed by atoms with van der Waals surface area (Å²) in [6.07, 6.45) is 0. The summed E-state index contributed by atoms with van der Waals surface area (Å²) in [6.45, 7) is 17.7. The molecule has 6 nitrogen and oxygen atoms in total. The molecule has 0 saturated carbocycles. The van der Waals surface area contributed by atoms with Crippen LogP contribution in [0.25, 0.3) is 0 Å². The third-order valence-corrected chi connectivity index (χ3v) is 3.22. The van der Waals surface area contributed by atoms with Crippen LogP contribution in [0, 0.1) is 27.7 Å². The monoisotopic (exact) mass is 308 g/mol. The Kier molecular flexibility index (Phi) is 9.74. The lowest BCUT2D eigenvalue weighted by Crippen LogP contribution is -2.15. The van der Waals surface area contributed by atoms with Crippen LogP contribution in [0.15, 0.2) is 0 Å². The maximum absolute atomic E-state index is 4.20. The van der Waals surface area contributed by atoms with Crippen LogP contribution in [0.3, 0.4) is 0 Å². The highest BCUT2D eigenvalue weighted by Crippen LogP contribution is 2.14. The number of hydrogen-bond donors (Lipinski definition) is 4. The molecule has 2 aromatic heterocycles. The van der Waals surface area contributed by atoms with Crippen molar-refractivity contribution in [2.24, 2.45) is 0 Å². The molecule has 0 aromatic carbocycles. The second-order valence-corrected chi connectivity index (χ2v) is 4.50. The van der Waals surface area contributed by atoms with Crippen molar-refractivity contribution in [3.8, 4) is 0 Å². The Bertz CT molecular complexity index is 478. The third-order valence-electron chi connectivity index (χ3n) is 3.22. The van der Waals surface area contributed by atoms with Gasteiger partial charge in [-0.3, -0.25) is 10.2 Å². The Morgan fingerprint density at radius 3 is 1.23 bits per heavy atom.